The Morgan fingerprint density at radius 3 is 2.81 bits per heavy atom. The van der Waals surface area contributed by atoms with Crippen molar-refractivity contribution in [2.75, 3.05) is 20.8 Å². The van der Waals surface area contributed by atoms with E-state index in [1.165, 1.54) is 16.5 Å². The number of hydrogen-bond acceptors (Lipinski definition) is 5. The zero-order chi connectivity index (χ0) is 17.7. The third kappa shape index (κ3) is 2.24. The largest absolute Gasteiger partial charge is 0.493 e. The van der Waals surface area contributed by atoms with Gasteiger partial charge in [0.15, 0.2) is 17.7 Å². The molecule has 1 aromatic heterocycles. The molecule has 5 heteroatoms. The van der Waals surface area contributed by atoms with Gasteiger partial charge in [-0.05, 0) is 42.3 Å². The third-order valence-electron chi connectivity index (χ3n) is 5.36. The summed E-state index contributed by atoms with van der Waals surface area (Å²) in [5.74, 6) is 2.45. The number of hydrogen-bond donors (Lipinski definition) is 0. The number of nitrogens with zero attached hydrogens (tertiary/aromatic N) is 2. The van der Waals surface area contributed by atoms with Gasteiger partial charge in [0.1, 0.15) is 5.75 Å². The van der Waals surface area contributed by atoms with Crippen LogP contribution in [0.3, 0.4) is 0 Å². The summed E-state index contributed by atoms with van der Waals surface area (Å²) < 4.78 is 17.4. The Morgan fingerprint density at radius 2 is 1.96 bits per heavy atom. The first-order chi connectivity index (χ1) is 12.8. The van der Waals surface area contributed by atoms with Crippen molar-refractivity contribution in [3.05, 3.63) is 59.3 Å². The smallest absolute Gasteiger partial charge is 0.179 e. The van der Waals surface area contributed by atoms with Crippen molar-refractivity contribution >= 4 is 10.9 Å². The predicted octanol–water partition coefficient (Wildman–Crippen LogP) is 3.70. The van der Waals surface area contributed by atoms with Crippen LogP contribution in [0.15, 0.2) is 42.6 Å². The van der Waals surface area contributed by atoms with Gasteiger partial charge in [0.05, 0.1) is 19.7 Å². The topological polar surface area (TPSA) is 43.8 Å². The Hall–Kier alpha value is -2.79. The average molecular weight is 348 g/mol. The summed E-state index contributed by atoms with van der Waals surface area (Å²) >= 11 is 0. The fourth-order valence-corrected chi connectivity index (χ4v) is 4.05. The standard InChI is InChI=1S/C21H20N2O3/c1-24-19-10-13-7-9-23-12-16-14-4-3-8-22-17(14)5-6-18(16)26-21(23)15(13)11-20(19)25-2/h3-6,8,10-11,21H,7,9,12H2,1-2H3. The fraction of sp³-hybridized carbons (Fsp3) is 0.286. The van der Waals surface area contributed by atoms with Gasteiger partial charge in [-0.3, -0.25) is 9.88 Å². The maximum Gasteiger partial charge on any atom is 0.179 e. The van der Waals surface area contributed by atoms with Gasteiger partial charge >= 0.3 is 0 Å². The van der Waals surface area contributed by atoms with Crippen LogP contribution in [0.25, 0.3) is 10.9 Å². The van der Waals surface area contributed by atoms with E-state index in [-0.39, 0.29) is 6.23 Å². The van der Waals surface area contributed by atoms with Gasteiger partial charge in [-0.2, -0.15) is 0 Å². The van der Waals surface area contributed by atoms with E-state index in [2.05, 4.69) is 28.1 Å². The molecule has 1 atom stereocenters. The van der Waals surface area contributed by atoms with Crippen LogP contribution in [0.4, 0.5) is 0 Å². The van der Waals surface area contributed by atoms with Crippen LogP contribution < -0.4 is 14.2 Å². The van der Waals surface area contributed by atoms with Crippen molar-refractivity contribution in [1.82, 2.24) is 9.88 Å². The van der Waals surface area contributed by atoms with Crippen LogP contribution in [0.5, 0.6) is 17.2 Å². The van der Waals surface area contributed by atoms with Gasteiger partial charge in [-0.15, -0.1) is 0 Å². The number of benzene rings is 2. The predicted molar refractivity (Wildman–Crippen MR) is 98.8 cm³/mol. The lowest BCUT2D eigenvalue weighted by Gasteiger charge is -2.41. The molecule has 2 aliphatic rings. The molecule has 1 unspecified atom stereocenters. The zero-order valence-electron chi connectivity index (χ0n) is 14.9. The summed E-state index contributed by atoms with van der Waals surface area (Å²) in [6, 6.07) is 12.3. The Kier molecular flexibility index (Phi) is 3.50. The minimum Gasteiger partial charge on any atom is -0.493 e. The minimum absolute atomic E-state index is 0.0971. The molecule has 5 nitrogen and oxygen atoms in total. The van der Waals surface area contributed by atoms with Gasteiger partial charge in [0, 0.05) is 35.8 Å². The van der Waals surface area contributed by atoms with E-state index in [0.29, 0.717) is 0 Å². The van der Waals surface area contributed by atoms with E-state index in [1.54, 1.807) is 14.2 Å². The SMILES string of the molecule is COc1cc2c(cc1OC)C1Oc3ccc4ncccc4c3CN1CC2. The molecule has 0 spiro atoms. The van der Waals surface area contributed by atoms with Crippen LogP contribution in [0.2, 0.25) is 0 Å². The molecule has 26 heavy (non-hydrogen) atoms. The van der Waals surface area contributed by atoms with Crippen molar-refractivity contribution in [2.24, 2.45) is 0 Å². The molecule has 0 saturated carbocycles. The highest BCUT2D eigenvalue weighted by Gasteiger charge is 2.35. The molecule has 2 aliphatic heterocycles. The second kappa shape index (κ2) is 5.88. The fourth-order valence-electron chi connectivity index (χ4n) is 4.05. The maximum atomic E-state index is 6.45. The van der Waals surface area contributed by atoms with Crippen LogP contribution in [-0.4, -0.2) is 30.6 Å². The molecule has 3 aromatic rings. The summed E-state index contributed by atoms with van der Waals surface area (Å²) in [7, 11) is 3.34. The molecule has 0 saturated heterocycles. The number of rotatable bonds is 2. The first kappa shape index (κ1) is 15.5. The van der Waals surface area contributed by atoms with E-state index in [1.807, 2.05) is 24.4 Å². The van der Waals surface area contributed by atoms with Crippen molar-refractivity contribution < 1.29 is 14.2 Å². The van der Waals surface area contributed by atoms with Crippen LogP contribution in [0.1, 0.15) is 22.9 Å². The second-order valence-electron chi connectivity index (χ2n) is 6.71. The van der Waals surface area contributed by atoms with E-state index < -0.39 is 0 Å². The number of ether oxygens (including phenoxy) is 3. The minimum atomic E-state index is -0.0971. The first-order valence-corrected chi connectivity index (χ1v) is 8.80. The molecular formula is C21H20N2O3. The third-order valence-corrected chi connectivity index (χ3v) is 5.36. The van der Waals surface area contributed by atoms with E-state index in [4.69, 9.17) is 14.2 Å². The molecule has 0 amide bonds. The summed E-state index contributed by atoms with van der Waals surface area (Å²) in [5, 5.41) is 1.17. The maximum absolute atomic E-state index is 6.45. The zero-order valence-corrected chi connectivity index (χ0v) is 14.9. The molecule has 132 valence electrons. The molecule has 0 fully saturated rings. The molecule has 0 radical (unpaired) electrons. The molecule has 5 rings (SSSR count). The average Bonchev–Trinajstić information content (AvgIpc) is 2.71. The Labute approximate surface area is 152 Å². The molecule has 0 N–H and O–H groups in total. The lowest BCUT2D eigenvalue weighted by molar-refractivity contribution is -0.00975. The number of methoxy groups -OCH3 is 2. The highest BCUT2D eigenvalue weighted by Crippen LogP contribution is 2.44. The highest BCUT2D eigenvalue weighted by atomic mass is 16.5. The Balaban J connectivity index is 1.61. The van der Waals surface area contributed by atoms with Crippen LogP contribution in [0, 0.1) is 0 Å². The summed E-state index contributed by atoms with van der Waals surface area (Å²) in [6.45, 7) is 1.81. The second-order valence-corrected chi connectivity index (χ2v) is 6.71. The molecule has 3 heterocycles. The number of aromatic nitrogens is 1. The van der Waals surface area contributed by atoms with Crippen LogP contribution >= 0.6 is 0 Å². The van der Waals surface area contributed by atoms with Gasteiger partial charge < -0.3 is 14.2 Å². The summed E-state index contributed by atoms with van der Waals surface area (Å²) in [5.41, 5.74) is 4.65. The summed E-state index contributed by atoms with van der Waals surface area (Å²) in [6.07, 6.45) is 2.70. The van der Waals surface area contributed by atoms with Gasteiger partial charge in [0.25, 0.3) is 0 Å². The van der Waals surface area contributed by atoms with Crippen LogP contribution in [-0.2, 0) is 13.0 Å². The lowest BCUT2D eigenvalue weighted by Crippen LogP contribution is -2.40. The number of fused-ring (bicyclic) bond motifs is 6. The van der Waals surface area contributed by atoms with E-state index in [0.717, 1.165) is 47.8 Å². The van der Waals surface area contributed by atoms with Crippen molar-refractivity contribution in [1.29, 1.82) is 0 Å². The van der Waals surface area contributed by atoms with Gasteiger partial charge in [0.2, 0.25) is 0 Å². The normalized spacial score (nSPS) is 18.5. The van der Waals surface area contributed by atoms with Crippen molar-refractivity contribution in [3.8, 4) is 17.2 Å². The van der Waals surface area contributed by atoms with Gasteiger partial charge in [-0.25, -0.2) is 0 Å². The first-order valence-electron chi connectivity index (χ1n) is 8.80. The Morgan fingerprint density at radius 1 is 1.12 bits per heavy atom. The number of pyridine rings is 1. The van der Waals surface area contributed by atoms with E-state index in [9.17, 15) is 0 Å². The quantitative estimate of drug-likeness (QED) is 0.706. The molecule has 2 aromatic carbocycles. The van der Waals surface area contributed by atoms with E-state index >= 15 is 0 Å². The molecule has 0 bridgehead atoms. The van der Waals surface area contributed by atoms with Gasteiger partial charge in [-0.1, -0.05) is 6.07 Å². The highest BCUT2D eigenvalue weighted by molar-refractivity contribution is 5.84. The molecular weight excluding hydrogens is 328 g/mol. The van der Waals surface area contributed by atoms with Crippen molar-refractivity contribution in [2.45, 2.75) is 19.2 Å². The Bertz CT molecular complexity index is 1000. The molecule has 0 aliphatic carbocycles. The van der Waals surface area contributed by atoms with Crippen molar-refractivity contribution in [3.63, 3.8) is 0 Å². The lowest BCUT2D eigenvalue weighted by atomic mass is 9.94. The monoisotopic (exact) mass is 348 g/mol. The summed E-state index contributed by atoms with van der Waals surface area (Å²) in [4.78, 5) is 6.84.